The predicted molar refractivity (Wildman–Crippen MR) is 129 cm³/mol. The lowest BCUT2D eigenvalue weighted by Crippen LogP contribution is -2.56. The van der Waals surface area contributed by atoms with E-state index < -0.39 is 29.7 Å². The summed E-state index contributed by atoms with van der Waals surface area (Å²) in [6, 6.07) is 3.00. The van der Waals surface area contributed by atoms with E-state index in [1.165, 1.54) is 12.3 Å². The number of aliphatic hydroxyl groups is 1. The van der Waals surface area contributed by atoms with Crippen LogP contribution in [0.15, 0.2) is 24.4 Å². The molecule has 2 aliphatic heterocycles. The number of fused-ring (bicyclic) bond motifs is 1. The van der Waals surface area contributed by atoms with E-state index in [2.05, 4.69) is 15.3 Å². The maximum atomic E-state index is 14.2. The van der Waals surface area contributed by atoms with Gasteiger partial charge in [-0.05, 0) is 12.1 Å². The number of aliphatic hydroxyl groups excluding tert-OH is 1. The first-order valence-electron chi connectivity index (χ1n) is 11.1. The van der Waals surface area contributed by atoms with Gasteiger partial charge in [-0.25, -0.2) is 18.7 Å². The first-order chi connectivity index (χ1) is 16.7. The highest BCUT2D eigenvalue weighted by atomic mass is 32.1. The van der Waals surface area contributed by atoms with Crippen LogP contribution in [0.3, 0.4) is 0 Å². The van der Waals surface area contributed by atoms with Crippen LogP contribution in [0.4, 0.5) is 25.2 Å². The van der Waals surface area contributed by atoms with Gasteiger partial charge in [-0.2, -0.15) is 0 Å². The molecular weight excluding hydrogens is 478 g/mol. The SMILES string of the molecule is CC1CN(c2c(NC(=O)c3nc(-c4c(F)cccc4F)sc3N)cnc3c2CCO3)CC(N)C1O. The number of thiazole rings is 1. The largest absolute Gasteiger partial charge is 0.477 e. The number of rotatable bonds is 4. The van der Waals surface area contributed by atoms with Gasteiger partial charge in [0.05, 0.1) is 35.8 Å². The molecule has 3 atom stereocenters. The summed E-state index contributed by atoms with van der Waals surface area (Å²) in [4.78, 5) is 23.7. The lowest BCUT2D eigenvalue weighted by Gasteiger charge is -2.41. The van der Waals surface area contributed by atoms with Crippen molar-refractivity contribution in [2.24, 2.45) is 11.7 Å². The van der Waals surface area contributed by atoms with Gasteiger partial charge in [0.1, 0.15) is 21.6 Å². The van der Waals surface area contributed by atoms with E-state index in [-0.39, 0.29) is 27.2 Å². The van der Waals surface area contributed by atoms with Gasteiger partial charge in [-0.3, -0.25) is 4.79 Å². The van der Waals surface area contributed by atoms with Crippen molar-refractivity contribution in [2.75, 3.05) is 35.6 Å². The normalized spacial score (nSPS) is 21.5. The minimum absolute atomic E-state index is 0.0240. The molecule has 0 spiro atoms. The van der Waals surface area contributed by atoms with Crippen LogP contribution in [0.2, 0.25) is 0 Å². The zero-order valence-electron chi connectivity index (χ0n) is 18.8. The lowest BCUT2D eigenvalue weighted by molar-refractivity contribution is 0.0785. The molecule has 1 amide bonds. The van der Waals surface area contributed by atoms with Gasteiger partial charge in [0, 0.05) is 37.0 Å². The molecule has 1 aromatic carbocycles. The number of carbonyl (C=O) groups is 1. The predicted octanol–water partition coefficient (Wildman–Crippen LogP) is 2.40. The second kappa shape index (κ2) is 9.02. The van der Waals surface area contributed by atoms with Crippen LogP contribution in [0.5, 0.6) is 5.88 Å². The van der Waals surface area contributed by atoms with E-state index >= 15 is 0 Å². The number of halogens is 2. The molecule has 4 heterocycles. The Hall–Kier alpha value is -3.35. The van der Waals surface area contributed by atoms with Crippen LogP contribution in [-0.4, -0.2) is 52.8 Å². The molecule has 184 valence electrons. The van der Waals surface area contributed by atoms with E-state index in [4.69, 9.17) is 16.2 Å². The molecule has 2 aromatic heterocycles. The third-order valence-electron chi connectivity index (χ3n) is 6.27. The van der Waals surface area contributed by atoms with E-state index in [9.17, 15) is 18.7 Å². The lowest BCUT2D eigenvalue weighted by atomic mass is 9.92. The van der Waals surface area contributed by atoms with Gasteiger partial charge in [0.25, 0.3) is 5.91 Å². The van der Waals surface area contributed by atoms with Crippen LogP contribution in [0.25, 0.3) is 10.6 Å². The molecule has 5 rings (SSSR count). The van der Waals surface area contributed by atoms with Crippen molar-refractivity contribution in [1.29, 1.82) is 0 Å². The number of amides is 1. The molecule has 9 nitrogen and oxygen atoms in total. The Labute approximate surface area is 203 Å². The first kappa shape index (κ1) is 23.4. The monoisotopic (exact) mass is 502 g/mol. The molecule has 35 heavy (non-hydrogen) atoms. The quantitative estimate of drug-likeness (QED) is 0.427. The average Bonchev–Trinajstić information content (AvgIpc) is 3.43. The summed E-state index contributed by atoms with van der Waals surface area (Å²) in [6.45, 7) is 3.26. The second-order valence-corrected chi connectivity index (χ2v) is 9.75. The van der Waals surface area contributed by atoms with E-state index in [1.54, 1.807) is 0 Å². The second-order valence-electron chi connectivity index (χ2n) is 8.72. The fraction of sp³-hybridized carbons (Fsp3) is 0.348. The number of ether oxygens (including phenoxy) is 1. The minimum Gasteiger partial charge on any atom is -0.477 e. The molecule has 3 aromatic rings. The van der Waals surface area contributed by atoms with Crippen molar-refractivity contribution in [3.8, 4) is 16.5 Å². The Balaban J connectivity index is 1.49. The third-order valence-corrected chi connectivity index (χ3v) is 7.17. The number of carbonyl (C=O) groups excluding carboxylic acids is 1. The molecule has 2 aliphatic rings. The molecule has 0 saturated carbocycles. The smallest absolute Gasteiger partial charge is 0.277 e. The van der Waals surface area contributed by atoms with Gasteiger partial charge < -0.3 is 31.5 Å². The minimum atomic E-state index is -0.798. The number of hydrogen-bond donors (Lipinski definition) is 4. The Morgan fingerprint density at radius 3 is 2.77 bits per heavy atom. The van der Waals surface area contributed by atoms with Crippen LogP contribution in [0, 0.1) is 17.6 Å². The zero-order chi connectivity index (χ0) is 24.9. The highest BCUT2D eigenvalue weighted by Crippen LogP contribution is 2.40. The summed E-state index contributed by atoms with van der Waals surface area (Å²) < 4.78 is 34.1. The van der Waals surface area contributed by atoms with Gasteiger partial charge >= 0.3 is 0 Å². The van der Waals surface area contributed by atoms with Crippen molar-refractivity contribution in [1.82, 2.24) is 9.97 Å². The Bertz CT molecular complexity index is 1270. The topological polar surface area (TPSA) is 140 Å². The Kier molecular flexibility index (Phi) is 6.03. The van der Waals surface area contributed by atoms with Crippen molar-refractivity contribution in [2.45, 2.75) is 25.5 Å². The number of nitrogens with two attached hydrogens (primary N) is 2. The number of nitrogens with one attached hydrogen (secondary N) is 1. The van der Waals surface area contributed by atoms with Crippen molar-refractivity contribution in [3.05, 3.63) is 47.3 Å². The molecule has 0 aliphatic carbocycles. The molecule has 6 N–H and O–H groups in total. The number of aromatic nitrogens is 2. The summed E-state index contributed by atoms with van der Waals surface area (Å²) >= 11 is 0.823. The maximum absolute atomic E-state index is 14.2. The van der Waals surface area contributed by atoms with Gasteiger partial charge in [0.15, 0.2) is 5.69 Å². The van der Waals surface area contributed by atoms with Crippen LogP contribution in [-0.2, 0) is 6.42 Å². The standard InChI is InChI=1S/C23H24F2N6O3S/c1-10-8-31(9-14(26)19(10)32)18-11-5-6-34-22(11)28-7-15(18)29-21(33)17-20(27)35-23(30-17)16-12(24)3-2-4-13(16)25/h2-4,7,10,14,19,32H,5-6,8-9,26-27H2,1H3,(H,29,33). The number of piperidine rings is 1. The average molecular weight is 503 g/mol. The molecule has 1 fully saturated rings. The number of anilines is 3. The molecular formula is C23H24F2N6O3S. The highest BCUT2D eigenvalue weighted by Gasteiger charge is 2.35. The molecule has 12 heteroatoms. The van der Waals surface area contributed by atoms with E-state index in [1.807, 2.05) is 11.8 Å². The van der Waals surface area contributed by atoms with Crippen molar-refractivity contribution in [3.63, 3.8) is 0 Å². The van der Waals surface area contributed by atoms with Crippen molar-refractivity contribution < 1.29 is 23.4 Å². The maximum Gasteiger partial charge on any atom is 0.277 e. The molecule has 0 bridgehead atoms. The number of benzene rings is 1. The zero-order valence-corrected chi connectivity index (χ0v) is 19.6. The van der Waals surface area contributed by atoms with Crippen LogP contribution in [0.1, 0.15) is 23.0 Å². The summed E-state index contributed by atoms with van der Waals surface area (Å²) in [6.07, 6.45) is 1.44. The molecule has 0 radical (unpaired) electrons. The first-order valence-corrected chi connectivity index (χ1v) is 11.9. The fourth-order valence-corrected chi connectivity index (χ4v) is 5.44. The van der Waals surface area contributed by atoms with E-state index in [0.717, 1.165) is 29.0 Å². The number of nitrogen functional groups attached to an aromatic ring is 1. The highest BCUT2D eigenvalue weighted by molar-refractivity contribution is 7.19. The summed E-state index contributed by atoms with van der Waals surface area (Å²) in [5.74, 6) is -1.85. The Morgan fingerprint density at radius 1 is 1.31 bits per heavy atom. The summed E-state index contributed by atoms with van der Waals surface area (Å²) in [7, 11) is 0. The van der Waals surface area contributed by atoms with Crippen LogP contribution >= 0.6 is 11.3 Å². The van der Waals surface area contributed by atoms with Gasteiger partial charge in [-0.1, -0.05) is 24.3 Å². The van der Waals surface area contributed by atoms with Gasteiger partial charge in [-0.15, -0.1) is 0 Å². The summed E-state index contributed by atoms with van der Waals surface area (Å²) in [5, 5.41) is 13.1. The number of nitrogens with zero attached hydrogens (tertiary/aromatic N) is 3. The molecule has 1 saturated heterocycles. The molecule has 3 unspecified atom stereocenters. The summed E-state index contributed by atoms with van der Waals surface area (Å²) in [5.41, 5.74) is 13.7. The third kappa shape index (κ3) is 4.17. The van der Waals surface area contributed by atoms with Crippen molar-refractivity contribution >= 4 is 33.6 Å². The van der Waals surface area contributed by atoms with E-state index in [0.29, 0.717) is 43.4 Å². The number of hydrogen-bond acceptors (Lipinski definition) is 9. The fourth-order valence-electron chi connectivity index (χ4n) is 4.56. The van der Waals surface area contributed by atoms with Crippen LogP contribution < -0.4 is 26.4 Å². The van der Waals surface area contributed by atoms with Gasteiger partial charge in [0.2, 0.25) is 5.88 Å². The Morgan fingerprint density at radius 2 is 2.06 bits per heavy atom. The number of pyridine rings is 1.